The van der Waals surface area contributed by atoms with E-state index < -0.39 is 16.9 Å². The molecule has 1 fully saturated rings. The van der Waals surface area contributed by atoms with Gasteiger partial charge < -0.3 is 15.2 Å². The lowest BCUT2D eigenvalue weighted by molar-refractivity contribution is -0.386. The summed E-state index contributed by atoms with van der Waals surface area (Å²) in [4.78, 5) is 21.8. The van der Waals surface area contributed by atoms with Crippen LogP contribution in [0.15, 0.2) is 18.2 Å². The Balaban J connectivity index is 2.22. The molecule has 1 aliphatic rings. The maximum atomic E-state index is 11.4. The van der Waals surface area contributed by atoms with Crippen molar-refractivity contribution in [1.29, 1.82) is 0 Å². The van der Waals surface area contributed by atoms with Crippen LogP contribution in [0.4, 0.5) is 5.69 Å². The van der Waals surface area contributed by atoms with Gasteiger partial charge >= 0.3 is 5.69 Å². The van der Waals surface area contributed by atoms with E-state index in [2.05, 4.69) is 5.32 Å². The number of hydrogen-bond acceptors (Lipinski definition) is 5. The van der Waals surface area contributed by atoms with Crippen LogP contribution in [0.2, 0.25) is 0 Å². The summed E-state index contributed by atoms with van der Waals surface area (Å²) in [5.41, 5.74) is -0.0438. The number of nitrogens with one attached hydrogen (secondary N) is 1. The molecule has 0 bridgehead atoms. The molecule has 1 amide bonds. The molecule has 0 saturated heterocycles. The van der Waals surface area contributed by atoms with Crippen molar-refractivity contribution >= 4 is 11.6 Å². The van der Waals surface area contributed by atoms with Gasteiger partial charge in [0.05, 0.1) is 11.0 Å². The summed E-state index contributed by atoms with van der Waals surface area (Å²) in [7, 11) is 1.45. The summed E-state index contributed by atoms with van der Waals surface area (Å²) in [5, 5.41) is 22.5. The van der Waals surface area contributed by atoms with Gasteiger partial charge in [0.25, 0.3) is 5.91 Å². The third-order valence-corrected chi connectivity index (χ3v) is 3.01. The summed E-state index contributed by atoms with van der Waals surface area (Å²) < 4.78 is 5.45. The van der Waals surface area contributed by atoms with E-state index >= 15 is 0 Å². The van der Waals surface area contributed by atoms with Crippen molar-refractivity contribution in [2.75, 3.05) is 7.05 Å². The summed E-state index contributed by atoms with van der Waals surface area (Å²) in [6.45, 7) is 0. The Kier molecular flexibility index (Phi) is 3.66. The van der Waals surface area contributed by atoms with E-state index in [9.17, 15) is 14.9 Å². The highest BCUT2D eigenvalue weighted by Gasteiger charge is 2.31. The molecule has 7 nitrogen and oxygen atoms in total. The summed E-state index contributed by atoms with van der Waals surface area (Å²) in [6.07, 6.45) is 0.330. The van der Waals surface area contributed by atoms with E-state index in [4.69, 9.17) is 9.84 Å². The van der Waals surface area contributed by atoms with Crippen molar-refractivity contribution in [3.8, 4) is 5.75 Å². The third-order valence-electron chi connectivity index (χ3n) is 3.01. The Hall–Kier alpha value is -2.15. The van der Waals surface area contributed by atoms with E-state index in [0.29, 0.717) is 12.8 Å². The first-order valence-electron chi connectivity index (χ1n) is 5.86. The molecule has 0 radical (unpaired) electrons. The van der Waals surface area contributed by atoms with Gasteiger partial charge in [0.1, 0.15) is 6.10 Å². The van der Waals surface area contributed by atoms with E-state index in [1.165, 1.54) is 25.2 Å². The van der Waals surface area contributed by atoms with Gasteiger partial charge in [0.2, 0.25) is 0 Å². The maximum Gasteiger partial charge on any atom is 0.311 e. The normalized spacial score (nSPS) is 21.4. The number of rotatable bonds is 4. The van der Waals surface area contributed by atoms with Gasteiger partial charge in [0.15, 0.2) is 5.75 Å². The second-order valence-electron chi connectivity index (χ2n) is 4.38. The Morgan fingerprint density at radius 2 is 2.21 bits per heavy atom. The highest BCUT2D eigenvalue weighted by Crippen LogP contribution is 2.33. The second-order valence-corrected chi connectivity index (χ2v) is 4.38. The average molecular weight is 266 g/mol. The minimum Gasteiger partial charge on any atom is -0.483 e. The lowest BCUT2D eigenvalue weighted by atomic mass is 9.92. The van der Waals surface area contributed by atoms with Crippen molar-refractivity contribution in [2.24, 2.45) is 0 Å². The molecule has 2 N–H and O–H groups in total. The molecule has 19 heavy (non-hydrogen) atoms. The van der Waals surface area contributed by atoms with Crippen molar-refractivity contribution in [2.45, 2.75) is 25.0 Å². The van der Waals surface area contributed by atoms with E-state index in [-0.39, 0.29) is 23.1 Å². The summed E-state index contributed by atoms with van der Waals surface area (Å²) in [6, 6.07) is 4.06. The number of nitro benzene ring substituents is 1. The van der Waals surface area contributed by atoms with Gasteiger partial charge in [0, 0.05) is 31.5 Å². The smallest absolute Gasteiger partial charge is 0.311 e. The van der Waals surface area contributed by atoms with E-state index in [1.54, 1.807) is 0 Å². The van der Waals surface area contributed by atoms with Crippen LogP contribution in [0.3, 0.4) is 0 Å². The fraction of sp³-hybridized carbons (Fsp3) is 0.417. The first kappa shape index (κ1) is 13.3. The SMILES string of the molecule is CNC(=O)c1ccc(OC2CC(O)C2)c([N+](=O)[O-])c1. The van der Waals surface area contributed by atoms with Crippen LogP contribution < -0.4 is 10.1 Å². The molecule has 7 heteroatoms. The second kappa shape index (κ2) is 5.23. The lowest BCUT2D eigenvalue weighted by Crippen LogP contribution is -2.37. The van der Waals surface area contributed by atoms with E-state index in [0.717, 1.165) is 0 Å². The zero-order valence-corrected chi connectivity index (χ0v) is 10.3. The Labute approximate surface area is 109 Å². The number of carbonyl (C=O) groups is 1. The fourth-order valence-electron chi connectivity index (χ4n) is 1.86. The topological polar surface area (TPSA) is 102 Å². The number of hydrogen-bond donors (Lipinski definition) is 2. The van der Waals surface area contributed by atoms with Crippen molar-refractivity contribution in [1.82, 2.24) is 5.32 Å². The Morgan fingerprint density at radius 3 is 2.74 bits per heavy atom. The number of nitro groups is 1. The number of aliphatic hydroxyl groups excluding tert-OH is 1. The largest absolute Gasteiger partial charge is 0.483 e. The predicted octanol–water partition coefficient (Wildman–Crippen LogP) is 0.856. The molecule has 1 aliphatic carbocycles. The van der Waals surface area contributed by atoms with Gasteiger partial charge in [-0.25, -0.2) is 0 Å². The molecule has 0 aromatic heterocycles. The van der Waals surface area contributed by atoms with Gasteiger partial charge in [-0.2, -0.15) is 0 Å². The van der Waals surface area contributed by atoms with Crippen molar-refractivity contribution in [3.63, 3.8) is 0 Å². The summed E-state index contributed by atoms with van der Waals surface area (Å²) >= 11 is 0. The standard InChI is InChI=1S/C12H14N2O5/c1-13-12(16)7-2-3-11(10(4-7)14(17)18)19-9-5-8(15)6-9/h2-4,8-9,15H,5-6H2,1H3,(H,13,16). The zero-order chi connectivity index (χ0) is 14.0. The molecule has 0 atom stereocenters. The molecule has 2 rings (SSSR count). The highest BCUT2D eigenvalue weighted by molar-refractivity contribution is 5.94. The molecule has 0 aliphatic heterocycles. The van der Waals surface area contributed by atoms with Gasteiger partial charge in [-0.05, 0) is 12.1 Å². The quantitative estimate of drug-likeness (QED) is 0.621. The van der Waals surface area contributed by atoms with Gasteiger partial charge in [-0.3, -0.25) is 14.9 Å². The van der Waals surface area contributed by atoms with Crippen LogP contribution in [-0.4, -0.2) is 35.2 Å². The minimum absolute atomic E-state index is 0.120. The monoisotopic (exact) mass is 266 g/mol. The fourth-order valence-corrected chi connectivity index (χ4v) is 1.86. The number of aliphatic hydroxyl groups is 1. The van der Waals surface area contributed by atoms with Gasteiger partial charge in [-0.1, -0.05) is 0 Å². The molecule has 1 aromatic carbocycles. The lowest BCUT2D eigenvalue weighted by Gasteiger charge is -2.31. The van der Waals surface area contributed by atoms with Crippen LogP contribution in [0.5, 0.6) is 5.75 Å². The van der Waals surface area contributed by atoms with Crippen molar-refractivity contribution < 1.29 is 19.6 Å². The molecule has 102 valence electrons. The molecular weight excluding hydrogens is 252 g/mol. The molecule has 0 heterocycles. The maximum absolute atomic E-state index is 11.4. The zero-order valence-electron chi connectivity index (χ0n) is 10.3. The third kappa shape index (κ3) is 2.82. The first-order chi connectivity index (χ1) is 9.01. The van der Waals surface area contributed by atoms with Crippen molar-refractivity contribution in [3.05, 3.63) is 33.9 Å². The minimum atomic E-state index is -0.586. The Morgan fingerprint density at radius 1 is 1.53 bits per heavy atom. The molecule has 0 unspecified atom stereocenters. The highest BCUT2D eigenvalue weighted by atomic mass is 16.6. The van der Waals surface area contributed by atoms with Crippen LogP contribution in [-0.2, 0) is 0 Å². The predicted molar refractivity (Wildman–Crippen MR) is 66.1 cm³/mol. The number of amides is 1. The van der Waals surface area contributed by atoms with Crippen LogP contribution >= 0.6 is 0 Å². The number of benzene rings is 1. The first-order valence-corrected chi connectivity index (χ1v) is 5.86. The van der Waals surface area contributed by atoms with Crippen LogP contribution in [0.25, 0.3) is 0 Å². The molecule has 1 saturated carbocycles. The van der Waals surface area contributed by atoms with Gasteiger partial charge in [-0.15, -0.1) is 0 Å². The molecular formula is C12H14N2O5. The van der Waals surface area contributed by atoms with Crippen LogP contribution in [0.1, 0.15) is 23.2 Å². The summed E-state index contributed by atoms with van der Waals surface area (Å²) in [5.74, 6) is -0.275. The number of carbonyl (C=O) groups excluding carboxylic acids is 1. The average Bonchev–Trinajstić information content (AvgIpc) is 2.36. The number of ether oxygens (including phenoxy) is 1. The van der Waals surface area contributed by atoms with E-state index in [1.807, 2.05) is 0 Å². The molecule has 0 spiro atoms. The number of nitrogens with zero attached hydrogens (tertiary/aromatic N) is 1. The Bertz CT molecular complexity index is 511. The van der Waals surface area contributed by atoms with Crippen LogP contribution in [0, 0.1) is 10.1 Å². The molecule has 1 aromatic rings.